The van der Waals surface area contributed by atoms with Crippen molar-refractivity contribution in [1.82, 2.24) is 0 Å². The van der Waals surface area contributed by atoms with Crippen LogP contribution >= 0.6 is 0 Å². The number of unbranched alkanes of at least 4 members (excludes halogenated alkanes) is 12. The lowest BCUT2D eigenvalue weighted by Gasteiger charge is -2.06. The van der Waals surface area contributed by atoms with Crippen LogP contribution in [0.1, 0.15) is 130 Å². The molecule has 0 amide bonds. The number of rotatable bonds is 20. The summed E-state index contributed by atoms with van der Waals surface area (Å²) in [5.41, 5.74) is 0. The second-order valence-corrected chi connectivity index (χ2v) is 8.44. The lowest BCUT2D eigenvalue weighted by Crippen LogP contribution is -2.05. The Morgan fingerprint density at radius 1 is 0.741 bits per heavy atom. The third-order valence-electron chi connectivity index (χ3n) is 5.08. The number of ether oxygens (including phenoxy) is 1. The third-order valence-corrected chi connectivity index (χ3v) is 5.08. The maximum atomic E-state index is 11.6. The highest BCUT2D eigenvalue weighted by atomic mass is 16.5. The first-order valence-electron chi connectivity index (χ1n) is 12.0. The number of carbonyl (C=O) groups excluding carboxylic acids is 1. The summed E-state index contributed by atoms with van der Waals surface area (Å²) in [6.45, 7) is 7.35. The van der Waals surface area contributed by atoms with E-state index in [0.717, 1.165) is 25.2 Å². The van der Waals surface area contributed by atoms with Crippen LogP contribution in [0.25, 0.3) is 0 Å². The Hall–Kier alpha value is -0.790. The number of hydrogen-bond donors (Lipinski definition) is 0. The molecule has 0 atom stereocenters. The summed E-state index contributed by atoms with van der Waals surface area (Å²) < 4.78 is 5.29. The van der Waals surface area contributed by atoms with Gasteiger partial charge in [-0.15, -0.1) is 0 Å². The van der Waals surface area contributed by atoms with Gasteiger partial charge in [0.05, 0.1) is 6.61 Å². The monoisotopic (exact) mass is 380 g/mol. The molecule has 0 fully saturated rings. The van der Waals surface area contributed by atoms with Crippen molar-refractivity contribution in [2.75, 3.05) is 6.61 Å². The first-order valence-corrected chi connectivity index (χ1v) is 12.0. The summed E-state index contributed by atoms with van der Waals surface area (Å²) >= 11 is 0. The van der Waals surface area contributed by atoms with Crippen molar-refractivity contribution in [3.63, 3.8) is 0 Å². The maximum Gasteiger partial charge on any atom is 0.305 e. The van der Waals surface area contributed by atoms with Gasteiger partial charge in [-0.1, -0.05) is 90.7 Å². The van der Waals surface area contributed by atoms with Crippen molar-refractivity contribution >= 4 is 5.97 Å². The molecule has 2 heteroatoms. The fourth-order valence-corrected chi connectivity index (χ4v) is 3.25. The number of allylic oxidation sites excluding steroid dienone is 2. The fraction of sp³-hybridized carbons (Fsp3) is 0.880. The van der Waals surface area contributed by atoms with Crippen molar-refractivity contribution in [1.29, 1.82) is 0 Å². The van der Waals surface area contributed by atoms with Crippen LogP contribution in [0.4, 0.5) is 0 Å². The van der Waals surface area contributed by atoms with Gasteiger partial charge in [-0.05, 0) is 50.9 Å². The standard InChI is InChI=1S/C25H48O2/c1-4-5-6-7-8-9-10-11-12-13-14-15-16-17-18-22-25(26)27-23-20-19-21-24(2)3/h11-12,24H,4-10,13-23H2,1-3H3. The van der Waals surface area contributed by atoms with Gasteiger partial charge in [0.25, 0.3) is 0 Å². The predicted octanol–water partition coefficient (Wildman–Crippen LogP) is 8.39. The molecule has 0 unspecified atom stereocenters. The van der Waals surface area contributed by atoms with Crippen LogP contribution in [-0.2, 0) is 9.53 Å². The average molecular weight is 381 g/mol. The molecule has 0 rings (SSSR count). The van der Waals surface area contributed by atoms with Gasteiger partial charge in [0.1, 0.15) is 0 Å². The Morgan fingerprint density at radius 2 is 1.30 bits per heavy atom. The van der Waals surface area contributed by atoms with Gasteiger partial charge >= 0.3 is 5.97 Å². The Bertz CT molecular complexity index is 333. The van der Waals surface area contributed by atoms with E-state index >= 15 is 0 Å². The minimum atomic E-state index is -0.00262. The van der Waals surface area contributed by atoms with Crippen molar-refractivity contribution in [3.05, 3.63) is 12.2 Å². The van der Waals surface area contributed by atoms with Crippen LogP contribution in [-0.4, -0.2) is 12.6 Å². The summed E-state index contributed by atoms with van der Waals surface area (Å²) in [5, 5.41) is 0. The molecule has 0 aliphatic heterocycles. The van der Waals surface area contributed by atoms with Crippen LogP contribution in [0, 0.1) is 5.92 Å². The summed E-state index contributed by atoms with van der Waals surface area (Å²) in [4.78, 5) is 11.6. The van der Waals surface area contributed by atoms with Crippen LogP contribution in [0.3, 0.4) is 0 Å². The molecule has 160 valence electrons. The van der Waals surface area contributed by atoms with Gasteiger partial charge in [-0.25, -0.2) is 0 Å². The highest BCUT2D eigenvalue weighted by molar-refractivity contribution is 5.69. The van der Waals surface area contributed by atoms with Crippen LogP contribution in [0.5, 0.6) is 0 Å². The first kappa shape index (κ1) is 26.2. The van der Waals surface area contributed by atoms with E-state index in [1.165, 1.54) is 83.5 Å². The van der Waals surface area contributed by atoms with Gasteiger partial charge in [0.15, 0.2) is 0 Å². The molecule has 0 radical (unpaired) electrons. The SMILES string of the molecule is CCCCCCCCC=CCCCCCCCC(=O)OCCCCC(C)C. The second kappa shape index (κ2) is 21.5. The van der Waals surface area contributed by atoms with E-state index in [9.17, 15) is 4.79 Å². The van der Waals surface area contributed by atoms with Crippen molar-refractivity contribution in [2.45, 2.75) is 130 Å². The molecule has 0 saturated carbocycles. The topological polar surface area (TPSA) is 26.3 Å². The molecular formula is C25H48O2. The molecule has 0 N–H and O–H groups in total. The Balaban J connectivity index is 3.21. The largest absolute Gasteiger partial charge is 0.466 e. The molecular weight excluding hydrogens is 332 g/mol. The van der Waals surface area contributed by atoms with Crippen LogP contribution < -0.4 is 0 Å². The number of esters is 1. The molecule has 0 heterocycles. The highest BCUT2D eigenvalue weighted by Gasteiger charge is 2.02. The minimum absolute atomic E-state index is 0.00262. The highest BCUT2D eigenvalue weighted by Crippen LogP contribution is 2.11. The first-order chi connectivity index (χ1) is 13.2. The van der Waals surface area contributed by atoms with E-state index in [0.29, 0.717) is 13.0 Å². The summed E-state index contributed by atoms with van der Waals surface area (Å²) in [7, 11) is 0. The second-order valence-electron chi connectivity index (χ2n) is 8.44. The summed E-state index contributed by atoms with van der Waals surface area (Å²) in [5.74, 6) is 0.744. The van der Waals surface area contributed by atoms with Crippen molar-refractivity contribution in [3.8, 4) is 0 Å². The number of hydrogen-bond acceptors (Lipinski definition) is 2. The molecule has 0 aromatic carbocycles. The van der Waals surface area contributed by atoms with E-state index < -0.39 is 0 Å². The van der Waals surface area contributed by atoms with E-state index in [2.05, 4.69) is 32.9 Å². The predicted molar refractivity (Wildman–Crippen MR) is 119 cm³/mol. The molecule has 27 heavy (non-hydrogen) atoms. The molecule has 0 aromatic rings. The summed E-state index contributed by atoms with van der Waals surface area (Å²) in [6.07, 6.45) is 25.5. The van der Waals surface area contributed by atoms with E-state index in [1.807, 2.05) is 0 Å². The normalized spacial score (nSPS) is 11.6. The minimum Gasteiger partial charge on any atom is -0.466 e. The number of carbonyl (C=O) groups is 1. The van der Waals surface area contributed by atoms with Gasteiger partial charge in [-0.2, -0.15) is 0 Å². The van der Waals surface area contributed by atoms with Gasteiger partial charge in [-0.3, -0.25) is 4.79 Å². The average Bonchev–Trinajstić information content (AvgIpc) is 2.64. The molecule has 0 aliphatic rings. The molecule has 0 aromatic heterocycles. The molecule has 0 bridgehead atoms. The van der Waals surface area contributed by atoms with Gasteiger partial charge < -0.3 is 4.74 Å². The fourth-order valence-electron chi connectivity index (χ4n) is 3.25. The molecule has 0 aliphatic carbocycles. The molecule has 0 saturated heterocycles. The zero-order chi connectivity index (χ0) is 20.0. The quantitative estimate of drug-likeness (QED) is 0.120. The molecule has 2 nitrogen and oxygen atoms in total. The Labute approximate surface area is 170 Å². The third kappa shape index (κ3) is 23.2. The summed E-state index contributed by atoms with van der Waals surface area (Å²) in [6, 6.07) is 0. The Morgan fingerprint density at radius 3 is 1.89 bits per heavy atom. The van der Waals surface area contributed by atoms with Crippen LogP contribution in [0.2, 0.25) is 0 Å². The van der Waals surface area contributed by atoms with E-state index in [1.54, 1.807) is 0 Å². The zero-order valence-electron chi connectivity index (χ0n) is 18.8. The smallest absolute Gasteiger partial charge is 0.305 e. The van der Waals surface area contributed by atoms with Crippen molar-refractivity contribution < 1.29 is 9.53 Å². The molecule has 0 spiro atoms. The lowest BCUT2D eigenvalue weighted by molar-refractivity contribution is -0.143. The van der Waals surface area contributed by atoms with Gasteiger partial charge in [0.2, 0.25) is 0 Å². The zero-order valence-corrected chi connectivity index (χ0v) is 18.8. The van der Waals surface area contributed by atoms with Crippen LogP contribution in [0.15, 0.2) is 12.2 Å². The lowest BCUT2D eigenvalue weighted by atomic mass is 10.1. The van der Waals surface area contributed by atoms with E-state index in [4.69, 9.17) is 4.74 Å². The maximum absolute atomic E-state index is 11.6. The Kier molecular flexibility index (Phi) is 20.9. The van der Waals surface area contributed by atoms with Crippen molar-refractivity contribution in [2.24, 2.45) is 5.92 Å². The van der Waals surface area contributed by atoms with Gasteiger partial charge in [0, 0.05) is 6.42 Å². The van der Waals surface area contributed by atoms with E-state index in [-0.39, 0.29) is 5.97 Å².